The molecule has 0 radical (unpaired) electrons. The molecule has 0 aromatic heterocycles. The van der Waals surface area contributed by atoms with Gasteiger partial charge in [-0.2, -0.15) is 8.78 Å². The number of hydrogen-bond acceptors (Lipinski definition) is 4. The predicted octanol–water partition coefficient (Wildman–Crippen LogP) is 7.87. The summed E-state index contributed by atoms with van der Waals surface area (Å²) in [6.07, 6.45) is 15.5. The van der Waals surface area contributed by atoms with Crippen molar-refractivity contribution < 1.29 is 27.8 Å². The van der Waals surface area contributed by atoms with Crippen molar-refractivity contribution in [2.45, 2.75) is 103 Å². The molecule has 2 saturated carbocycles. The highest BCUT2D eigenvalue weighted by Gasteiger charge is 2.36. The van der Waals surface area contributed by atoms with Crippen molar-refractivity contribution in [3.63, 3.8) is 0 Å². The first kappa shape index (κ1) is 27.3. The zero-order chi connectivity index (χ0) is 25.5. The van der Waals surface area contributed by atoms with Gasteiger partial charge in [-0.05, 0) is 113 Å². The highest BCUT2D eigenvalue weighted by atomic mass is 19.2. The molecular formula is C30H44F2O4. The summed E-state index contributed by atoms with van der Waals surface area (Å²) >= 11 is 0. The molecule has 0 amide bonds. The average molecular weight is 507 g/mol. The van der Waals surface area contributed by atoms with Crippen LogP contribution in [-0.2, 0) is 9.53 Å². The van der Waals surface area contributed by atoms with E-state index in [-0.39, 0.29) is 24.0 Å². The smallest absolute Gasteiger partial charge is 0.314 e. The molecule has 0 spiro atoms. The van der Waals surface area contributed by atoms with E-state index < -0.39 is 17.6 Å². The fourth-order valence-electron chi connectivity index (χ4n) is 6.82. The molecule has 0 bridgehead atoms. The summed E-state index contributed by atoms with van der Waals surface area (Å²) in [6.45, 7) is 5.13. The van der Waals surface area contributed by atoms with Crippen molar-refractivity contribution in [2.75, 3.05) is 13.2 Å². The maximum Gasteiger partial charge on any atom is 0.314 e. The minimum atomic E-state index is -1.17. The maximum absolute atomic E-state index is 14.3. The predicted molar refractivity (Wildman–Crippen MR) is 136 cm³/mol. The topological polar surface area (TPSA) is 44.8 Å². The van der Waals surface area contributed by atoms with E-state index in [9.17, 15) is 13.6 Å². The van der Waals surface area contributed by atoms with Crippen LogP contribution in [0, 0.1) is 41.2 Å². The average Bonchev–Trinajstić information content (AvgIpc) is 2.92. The molecule has 2 atom stereocenters. The normalized spacial score (nSPS) is 31.1. The van der Waals surface area contributed by atoms with Crippen molar-refractivity contribution in [1.29, 1.82) is 0 Å². The fourth-order valence-corrected chi connectivity index (χ4v) is 6.82. The van der Waals surface area contributed by atoms with Crippen LogP contribution in [0.3, 0.4) is 0 Å². The molecule has 3 aliphatic rings. The molecule has 1 aromatic carbocycles. The third-order valence-electron chi connectivity index (χ3n) is 9.06. The lowest BCUT2D eigenvalue weighted by molar-refractivity contribution is -0.140. The number of esters is 1. The molecule has 3 fully saturated rings. The van der Waals surface area contributed by atoms with Gasteiger partial charge < -0.3 is 14.2 Å². The van der Waals surface area contributed by atoms with Gasteiger partial charge in [0, 0.05) is 0 Å². The molecule has 36 heavy (non-hydrogen) atoms. The van der Waals surface area contributed by atoms with E-state index in [1.54, 1.807) is 6.92 Å². The van der Waals surface area contributed by atoms with Crippen molar-refractivity contribution in [3.05, 3.63) is 23.8 Å². The highest BCUT2D eigenvalue weighted by molar-refractivity contribution is 5.75. The Morgan fingerprint density at radius 1 is 0.833 bits per heavy atom. The standard InChI is InChI=1S/C30H44F2O4/c1-3-5-6-25-16-15-24(19-35-25)22-9-7-20(8-10-22)21-11-13-23(14-12-21)30(33)36-27-18-17-26(34-4-2)28(31)29(27)32/h17-18,20-25H,3-16,19H2,1-2H3. The lowest BCUT2D eigenvalue weighted by Gasteiger charge is -2.41. The van der Waals surface area contributed by atoms with Gasteiger partial charge in [-0.25, -0.2) is 0 Å². The van der Waals surface area contributed by atoms with Gasteiger partial charge in [0.05, 0.1) is 25.2 Å². The SMILES string of the molecule is CCCCC1CCC(C2CCC(C3CCC(C(=O)Oc4ccc(OCC)c(F)c4F)CC3)CC2)CO1. The first-order chi connectivity index (χ1) is 17.5. The maximum atomic E-state index is 14.3. The second-order valence-corrected chi connectivity index (χ2v) is 11.3. The number of carbonyl (C=O) groups is 1. The Labute approximate surface area is 215 Å². The van der Waals surface area contributed by atoms with Crippen LogP contribution in [-0.4, -0.2) is 25.3 Å². The first-order valence-corrected chi connectivity index (χ1v) is 14.4. The van der Waals surface area contributed by atoms with Crippen LogP contribution in [0.25, 0.3) is 0 Å². The summed E-state index contributed by atoms with van der Waals surface area (Å²) in [4.78, 5) is 12.7. The van der Waals surface area contributed by atoms with E-state index in [2.05, 4.69) is 6.92 Å². The summed E-state index contributed by atoms with van der Waals surface area (Å²) in [5, 5.41) is 0. The Bertz CT molecular complexity index is 836. The third kappa shape index (κ3) is 6.79. The third-order valence-corrected chi connectivity index (χ3v) is 9.06. The molecule has 1 aliphatic heterocycles. The molecule has 1 aromatic rings. The van der Waals surface area contributed by atoms with E-state index in [0.717, 1.165) is 50.0 Å². The van der Waals surface area contributed by atoms with E-state index in [4.69, 9.17) is 14.2 Å². The molecular weight excluding hydrogens is 462 g/mol. The van der Waals surface area contributed by atoms with Gasteiger partial charge in [0.1, 0.15) is 0 Å². The van der Waals surface area contributed by atoms with Crippen molar-refractivity contribution in [2.24, 2.45) is 29.6 Å². The first-order valence-electron chi connectivity index (χ1n) is 14.4. The van der Waals surface area contributed by atoms with Gasteiger partial charge in [0.2, 0.25) is 11.6 Å². The molecule has 4 rings (SSSR count). The van der Waals surface area contributed by atoms with Gasteiger partial charge in [0.25, 0.3) is 0 Å². The van der Waals surface area contributed by atoms with Crippen molar-refractivity contribution in [3.8, 4) is 11.5 Å². The lowest BCUT2D eigenvalue weighted by Crippen LogP contribution is -2.34. The Hall–Kier alpha value is -1.69. The second-order valence-electron chi connectivity index (χ2n) is 11.3. The van der Waals surface area contributed by atoms with Crippen LogP contribution in [0.15, 0.2) is 12.1 Å². The molecule has 0 N–H and O–H groups in total. The van der Waals surface area contributed by atoms with Crippen LogP contribution in [0.4, 0.5) is 8.78 Å². The number of carbonyl (C=O) groups excluding carboxylic acids is 1. The minimum absolute atomic E-state index is 0.169. The van der Waals surface area contributed by atoms with E-state index in [1.807, 2.05) is 0 Å². The summed E-state index contributed by atoms with van der Waals surface area (Å²) < 4.78 is 45.0. The molecule has 2 aliphatic carbocycles. The molecule has 1 heterocycles. The molecule has 1 saturated heterocycles. The van der Waals surface area contributed by atoms with Crippen LogP contribution < -0.4 is 9.47 Å². The van der Waals surface area contributed by atoms with E-state index in [0.29, 0.717) is 12.0 Å². The Morgan fingerprint density at radius 3 is 1.97 bits per heavy atom. The fraction of sp³-hybridized carbons (Fsp3) is 0.767. The van der Waals surface area contributed by atoms with Crippen LogP contribution in [0.2, 0.25) is 0 Å². The van der Waals surface area contributed by atoms with Gasteiger partial charge in [-0.15, -0.1) is 0 Å². The minimum Gasteiger partial charge on any atom is -0.491 e. The van der Waals surface area contributed by atoms with Crippen molar-refractivity contribution >= 4 is 5.97 Å². The van der Waals surface area contributed by atoms with Crippen molar-refractivity contribution in [1.82, 2.24) is 0 Å². The molecule has 6 heteroatoms. The molecule has 202 valence electrons. The monoisotopic (exact) mass is 506 g/mol. The number of hydrogen-bond donors (Lipinski definition) is 0. The zero-order valence-electron chi connectivity index (χ0n) is 22.1. The second kappa shape index (κ2) is 13.2. The zero-order valence-corrected chi connectivity index (χ0v) is 22.1. The van der Waals surface area contributed by atoms with Crippen LogP contribution in [0.1, 0.15) is 97.3 Å². The van der Waals surface area contributed by atoms with Gasteiger partial charge in [-0.1, -0.05) is 19.8 Å². The summed E-state index contributed by atoms with van der Waals surface area (Å²) in [5.74, 6) is -0.542. The summed E-state index contributed by atoms with van der Waals surface area (Å²) in [6, 6.07) is 2.58. The Kier molecular flexibility index (Phi) is 10.0. The molecule has 4 nitrogen and oxygen atoms in total. The Morgan fingerprint density at radius 2 is 1.39 bits per heavy atom. The lowest BCUT2D eigenvalue weighted by atomic mass is 9.67. The number of unbranched alkanes of at least 4 members (excludes halogenated alkanes) is 1. The van der Waals surface area contributed by atoms with Crippen LogP contribution >= 0.6 is 0 Å². The van der Waals surface area contributed by atoms with E-state index >= 15 is 0 Å². The summed E-state index contributed by atoms with van der Waals surface area (Å²) in [5.41, 5.74) is 0. The molecule has 2 unspecified atom stereocenters. The number of ether oxygens (including phenoxy) is 3. The highest BCUT2D eigenvalue weighted by Crippen LogP contribution is 2.44. The Balaban J connectivity index is 1.18. The largest absolute Gasteiger partial charge is 0.491 e. The van der Waals surface area contributed by atoms with E-state index in [1.165, 1.54) is 69.9 Å². The van der Waals surface area contributed by atoms with Gasteiger partial charge in [0.15, 0.2) is 11.5 Å². The van der Waals surface area contributed by atoms with Gasteiger partial charge >= 0.3 is 5.97 Å². The van der Waals surface area contributed by atoms with Crippen LogP contribution in [0.5, 0.6) is 11.5 Å². The summed E-state index contributed by atoms with van der Waals surface area (Å²) in [7, 11) is 0. The van der Waals surface area contributed by atoms with Gasteiger partial charge in [-0.3, -0.25) is 4.79 Å². The number of halogens is 2. The number of rotatable bonds is 9. The number of benzene rings is 1. The quantitative estimate of drug-likeness (QED) is 0.253.